The Morgan fingerprint density at radius 2 is 2.22 bits per heavy atom. The van der Waals surface area contributed by atoms with E-state index in [1.54, 1.807) is 0 Å². The molecule has 2 N–H and O–H groups in total. The first-order valence-electron chi connectivity index (χ1n) is 5.94. The van der Waals surface area contributed by atoms with E-state index < -0.39 is 15.8 Å². The van der Waals surface area contributed by atoms with Crippen LogP contribution in [0.4, 0.5) is 4.39 Å². The van der Waals surface area contributed by atoms with Gasteiger partial charge in [-0.2, -0.15) is 4.31 Å². The summed E-state index contributed by atoms with van der Waals surface area (Å²) < 4.78 is 39.8. The molecule has 0 aliphatic carbocycles. The first-order valence-corrected chi connectivity index (χ1v) is 7.38. The molecule has 1 aromatic carbocycles. The van der Waals surface area contributed by atoms with Gasteiger partial charge in [0.05, 0.1) is 4.90 Å². The van der Waals surface area contributed by atoms with Crippen LogP contribution in [0.3, 0.4) is 0 Å². The molecule has 1 aliphatic heterocycles. The smallest absolute Gasteiger partial charge is 0.243 e. The minimum absolute atomic E-state index is 0.000833. The summed E-state index contributed by atoms with van der Waals surface area (Å²) in [7, 11) is -3.62. The van der Waals surface area contributed by atoms with Crippen LogP contribution in [-0.2, 0) is 16.6 Å². The van der Waals surface area contributed by atoms with Crippen LogP contribution in [0.1, 0.15) is 18.9 Å². The fourth-order valence-corrected chi connectivity index (χ4v) is 4.05. The molecule has 0 aromatic heterocycles. The highest BCUT2D eigenvalue weighted by Gasteiger charge is 2.32. The lowest BCUT2D eigenvalue weighted by Crippen LogP contribution is -2.30. The fraction of sp³-hybridized carbons (Fsp3) is 0.500. The summed E-state index contributed by atoms with van der Waals surface area (Å²) in [5.41, 5.74) is 5.52. The molecular formula is C12H17FN2O2S. The third-order valence-electron chi connectivity index (χ3n) is 3.28. The number of nitrogens with zero attached hydrogens (tertiary/aromatic N) is 1. The first-order chi connectivity index (χ1) is 8.46. The van der Waals surface area contributed by atoms with Crippen molar-refractivity contribution < 1.29 is 12.8 Å². The van der Waals surface area contributed by atoms with Crippen LogP contribution in [0.15, 0.2) is 23.1 Å². The van der Waals surface area contributed by atoms with Crippen LogP contribution in [0, 0.1) is 11.7 Å². The van der Waals surface area contributed by atoms with E-state index in [0.29, 0.717) is 19.0 Å². The Hall–Kier alpha value is -0.980. The second-order valence-electron chi connectivity index (χ2n) is 4.68. The van der Waals surface area contributed by atoms with Crippen molar-refractivity contribution in [3.8, 4) is 0 Å². The molecule has 1 saturated heterocycles. The molecule has 0 bridgehead atoms. The zero-order chi connectivity index (χ0) is 13.3. The Morgan fingerprint density at radius 1 is 1.50 bits per heavy atom. The monoisotopic (exact) mass is 272 g/mol. The van der Waals surface area contributed by atoms with Gasteiger partial charge in [-0.3, -0.25) is 0 Å². The van der Waals surface area contributed by atoms with Crippen molar-refractivity contribution in [1.29, 1.82) is 0 Å². The SMILES string of the molecule is CC1CCN(S(=O)(=O)c2cccc(F)c2CN)C1. The molecule has 6 heteroatoms. The van der Waals surface area contributed by atoms with E-state index in [-0.39, 0.29) is 17.0 Å². The van der Waals surface area contributed by atoms with Crippen LogP contribution < -0.4 is 5.73 Å². The lowest BCUT2D eigenvalue weighted by Gasteiger charge is -2.18. The van der Waals surface area contributed by atoms with Gasteiger partial charge >= 0.3 is 0 Å². The summed E-state index contributed by atoms with van der Waals surface area (Å²) >= 11 is 0. The lowest BCUT2D eigenvalue weighted by atomic mass is 10.2. The molecule has 0 saturated carbocycles. The first kappa shape index (κ1) is 13.5. The standard InChI is InChI=1S/C12H17FN2O2S/c1-9-5-6-15(8-9)18(16,17)12-4-2-3-11(13)10(12)7-14/h2-4,9H,5-8,14H2,1H3. The molecule has 1 aliphatic rings. The minimum atomic E-state index is -3.62. The highest BCUT2D eigenvalue weighted by molar-refractivity contribution is 7.89. The third-order valence-corrected chi connectivity index (χ3v) is 5.23. The Bertz CT molecular complexity index is 545. The molecule has 18 heavy (non-hydrogen) atoms. The number of sulfonamides is 1. The van der Waals surface area contributed by atoms with Gasteiger partial charge in [0, 0.05) is 25.2 Å². The van der Waals surface area contributed by atoms with Gasteiger partial charge in [0.1, 0.15) is 5.82 Å². The molecule has 1 unspecified atom stereocenters. The molecule has 2 rings (SSSR count). The summed E-state index contributed by atoms with van der Waals surface area (Å²) in [5.74, 6) is -0.222. The molecule has 0 spiro atoms. The van der Waals surface area contributed by atoms with Gasteiger partial charge in [-0.15, -0.1) is 0 Å². The van der Waals surface area contributed by atoms with Crippen molar-refractivity contribution in [3.63, 3.8) is 0 Å². The lowest BCUT2D eigenvalue weighted by molar-refractivity contribution is 0.462. The number of benzene rings is 1. The van der Waals surface area contributed by atoms with Gasteiger partial charge in [-0.25, -0.2) is 12.8 Å². The van der Waals surface area contributed by atoms with E-state index in [0.717, 1.165) is 6.42 Å². The van der Waals surface area contributed by atoms with Crippen LogP contribution >= 0.6 is 0 Å². The van der Waals surface area contributed by atoms with Gasteiger partial charge < -0.3 is 5.73 Å². The summed E-state index contributed by atoms with van der Waals surface area (Å²) in [6, 6.07) is 4.05. The number of nitrogens with two attached hydrogens (primary N) is 1. The molecule has 0 amide bonds. The van der Waals surface area contributed by atoms with Gasteiger partial charge in [0.2, 0.25) is 10.0 Å². The summed E-state index contributed by atoms with van der Waals surface area (Å²) in [4.78, 5) is -0.000833. The predicted octanol–water partition coefficient (Wildman–Crippen LogP) is 1.31. The zero-order valence-corrected chi connectivity index (χ0v) is 11.1. The average molecular weight is 272 g/mol. The highest BCUT2D eigenvalue weighted by atomic mass is 32.2. The molecular weight excluding hydrogens is 255 g/mol. The molecule has 1 aromatic rings. The second-order valence-corrected chi connectivity index (χ2v) is 6.58. The van der Waals surface area contributed by atoms with Crippen molar-refractivity contribution in [2.75, 3.05) is 13.1 Å². The molecule has 1 atom stereocenters. The summed E-state index contributed by atoms with van der Waals surface area (Å²) in [6.45, 7) is 2.86. The van der Waals surface area contributed by atoms with Gasteiger partial charge in [-0.1, -0.05) is 13.0 Å². The van der Waals surface area contributed by atoms with E-state index in [1.807, 2.05) is 6.92 Å². The van der Waals surface area contributed by atoms with E-state index in [2.05, 4.69) is 0 Å². The number of rotatable bonds is 3. The molecule has 1 heterocycles. The van der Waals surface area contributed by atoms with Crippen LogP contribution in [0.5, 0.6) is 0 Å². The maximum absolute atomic E-state index is 13.6. The highest BCUT2D eigenvalue weighted by Crippen LogP contribution is 2.27. The van der Waals surface area contributed by atoms with Crippen molar-refractivity contribution in [3.05, 3.63) is 29.6 Å². The second kappa shape index (κ2) is 4.95. The van der Waals surface area contributed by atoms with Gasteiger partial charge in [0.25, 0.3) is 0 Å². The fourth-order valence-electron chi connectivity index (χ4n) is 2.23. The van der Waals surface area contributed by atoms with Crippen LogP contribution in [-0.4, -0.2) is 25.8 Å². The van der Waals surface area contributed by atoms with E-state index in [4.69, 9.17) is 5.73 Å². The van der Waals surface area contributed by atoms with Crippen LogP contribution in [0.2, 0.25) is 0 Å². The predicted molar refractivity (Wildman–Crippen MR) is 66.8 cm³/mol. The number of hydrogen-bond donors (Lipinski definition) is 1. The molecule has 4 nitrogen and oxygen atoms in total. The van der Waals surface area contributed by atoms with Crippen molar-refractivity contribution in [1.82, 2.24) is 4.31 Å². The number of hydrogen-bond acceptors (Lipinski definition) is 3. The van der Waals surface area contributed by atoms with Crippen molar-refractivity contribution in [2.45, 2.75) is 24.8 Å². The Balaban J connectivity index is 2.45. The Morgan fingerprint density at radius 3 is 2.78 bits per heavy atom. The minimum Gasteiger partial charge on any atom is -0.326 e. The summed E-state index contributed by atoms with van der Waals surface area (Å²) in [6.07, 6.45) is 0.840. The average Bonchev–Trinajstić information content (AvgIpc) is 2.76. The van der Waals surface area contributed by atoms with Gasteiger partial charge in [-0.05, 0) is 24.5 Å². The topological polar surface area (TPSA) is 63.4 Å². The van der Waals surface area contributed by atoms with E-state index in [1.165, 1.54) is 22.5 Å². The quantitative estimate of drug-likeness (QED) is 0.902. The third kappa shape index (κ3) is 2.28. The Kier molecular flexibility index (Phi) is 3.70. The molecule has 0 radical (unpaired) electrons. The van der Waals surface area contributed by atoms with E-state index in [9.17, 15) is 12.8 Å². The molecule has 100 valence electrons. The maximum Gasteiger partial charge on any atom is 0.243 e. The van der Waals surface area contributed by atoms with Crippen molar-refractivity contribution in [2.24, 2.45) is 11.7 Å². The Labute approximate surface area is 107 Å². The number of halogens is 1. The molecule has 1 fully saturated rings. The van der Waals surface area contributed by atoms with E-state index >= 15 is 0 Å². The van der Waals surface area contributed by atoms with Crippen LogP contribution in [0.25, 0.3) is 0 Å². The zero-order valence-electron chi connectivity index (χ0n) is 10.3. The largest absolute Gasteiger partial charge is 0.326 e. The van der Waals surface area contributed by atoms with Gasteiger partial charge in [0.15, 0.2) is 0 Å². The normalized spacial score (nSPS) is 21.4. The summed E-state index contributed by atoms with van der Waals surface area (Å²) in [5, 5.41) is 0. The van der Waals surface area contributed by atoms with Crippen molar-refractivity contribution >= 4 is 10.0 Å². The maximum atomic E-state index is 13.6.